The second-order valence-corrected chi connectivity index (χ2v) is 7.19. The van der Waals surface area contributed by atoms with Gasteiger partial charge in [-0.25, -0.2) is 4.98 Å². The van der Waals surface area contributed by atoms with Crippen molar-refractivity contribution in [3.63, 3.8) is 0 Å². The summed E-state index contributed by atoms with van der Waals surface area (Å²) in [6, 6.07) is 0.210. The minimum atomic E-state index is -0.0268. The lowest BCUT2D eigenvalue weighted by molar-refractivity contribution is -0.134. The molecule has 3 rings (SSSR count). The molecule has 6 nitrogen and oxygen atoms in total. The molecule has 22 heavy (non-hydrogen) atoms. The van der Waals surface area contributed by atoms with Crippen LogP contribution in [0.1, 0.15) is 29.8 Å². The van der Waals surface area contributed by atoms with Crippen molar-refractivity contribution in [2.45, 2.75) is 25.3 Å². The molecule has 0 unspecified atom stereocenters. The fourth-order valence-corrected chi connectivity index (χ4v) is 4.28. The van der Waals surface area contributed by atoms with Gasteiger partial charge in [0.25, 0.3) is 5.91 Å². The van der Waals surface area contributed by atoms with Crippen LogP contribution in [0, 0.1) is 11.8 Å². The van der Waals surface area contributed by atoms with Gasteiger partial charge in [-0.2, -0.15) is 0 Å². The first-order valence-corrected chi connectivity index (χ1v) is 8.52. The molecule has 0 aromatic carbocycles. The normalized spacial score (nSPS) is 27.7. The highest BCUT2D eigenvalue weighted by atomic mass is 32.1. The average molecular weight is 322 g/mol. The fraction of sp³-hybridized carbons (Fsp3) is 0.667. The van der Waals surface area contributed by atoms with Gasteiger partial charge in [-0.3, -0.25) is 9.59 Å². The van der Waals surface area contributed by atoms with Crippen LogP contribution in [-0.2, 0) is 4.79 Å². The van der Waals surface area contributed by atoms with Gasteiger partial charge in [0.1, 0.15) is 5.69 Å². The van der Waals surface area contributed by atoms with E-state index in [0.717, 1.165) is 24.5 Å². The largest absolute Gasteiger partial charge is 0.365 e. The third-order valence-corrected chi connectivity index (χ3v) is 5.85. The highest BCUT2D eigenvalue weighted by molar-refractivity contribution is 7.13. The SMILES string of the molecule is CNc1nc(C(=O)N(C)[C@H]2C[C@H]3CC(=O)N(C)C[C@H]3C2)cs1. The van der Waals surface area contributed by atoms with E-state index in [9.17, 15) is 9.59 Å². The van der Waals surface area contributed by atoms with Gasteiger partial charge in [0.2, 0.25) is 5.91 Å². The van der Waals surface area contributed by atoms with Crippen LogP contribution in [0.5, 0.6) is 0 Å². The van der Waals surface area contributed by atoms with E-state index >= 15 is 0 Å². The summed E-state index contributed by atoms with van der Waals surface area (Å²) in [5.41, 5.74) is 0.500. The lowest BCUT2D eigenvalue weighted by Gasteiger charge is -2.31. The van der Waals surface area contributed by atoms with E-state index in [1.54, 1.807) is 12.4 Å². The molecule has 1 aliphatic heterocycles. The molecule has 1 saturated heterocycles. The van der Waals surface area contributed by atoms with Crippen LogP contribution in [0.25, 0.3) is 0 Å². The molecule has 120 valence electrons. The molecule has 2 fully saturated rings. The molecular weight excluding hydrogens is 300 g/mol. The Hall–Kier alpha value is -1.63. The summed E-state index contributed by atoms with van der Waals surface area (Å²) in [5, 5.41) is 5.50. The van der Waals surface area contributed by atoms with E-state index in [-0.39, 0.29) is 17.9 Å². The highest BCUT2D eigenvalue weighted by Crippen LogP contribution is 2.40. The summed E-state index contributed by atoms with van der Waals surface area (Å²) in [6.07, 6.45) is 2.53. The Balaban J connectivity index is 1.67. The number of fused-ring (bicyclic) bond motifs is 1. The Kier molecular flexibility index (Phi) is 4.08. The van der Waals surface area contributed by atoms with Crippen molar-refractivity contribution in [2.24, 2.45) is 11.8 Å². The number of hydrogen-bond donors (Lipinski definition) is 1. The second-order valence-electron chi connectivity index (χ2n) is 6.33. The van der Waals surface area contributed by atoms with Crippen LogP contribution in [0.3, 0.4) is 0 Å². The zero-order chi connectivity index (χ0) is 15.9. The van der Waals surface area contributed by atoms with Crippen LogP contribution >= 0.6 is 11.3 Å². The molecule has 0 spiro atoms. The van der Waals surface area contributed by atoms with Crippen molar-refractivity contribution in [1.82, 2.24) is 14.8 Å². The van der Waals surface area contributed by atoms with E-state index in [2.05, 4.69) is 10.3 Å². The van der Waals surface area contributed by atoms with Crippen LogP contribution in [-0.4, -0.2) is 60.3 Å². The summed E-state index contributed by atoms with van der Waals surface area (Å²) in [5.74, 6) is 1.15. The number of carbonyl (C=O) groups excluding carboxylic acids is 2. The average Bonchev–Trinajstić information content (AvgIpc) is 3.12. The lowest BCUT2D eigenvalue weighted by Crippen LogP contribution is -2.40. The quantitative estimate of drug-likeness (QED) is 0.916. The zero-order valence-electron chi connectivity index (χ0n) is 13.2. The molecule has 1 aromatic heterocycles. The van der Waals surface area contributed by atoms with Gasteiger partial charge in [0, 0.05) is 45.5 Å². The van der Waals surface area contributed by atoms with Gasteiger partial charge in [-0.05, 0) is 24.7 Å². The maximum atomic E-state index is 12.6. The monoisotopic (exact) mass is 322 g/mol. The molecule has 0 radical (unpaired) electrons. The molecule has 3 atom stereocenters. The first-order valence-electron chi connectivity index (χ1n) is 7.64. The second kappa shape index (κ2) is 5.87. The minimum absolute atomic E-state index is 0.0268. The summed E-state index contributed by atoms with van der Waals surface area (Å²) < 4.78 is 0. The maximum absolute atomic E-state index is 12.6. The number of rotatable bonds is 3. The Labute approximate surface area is 134 Å². The van der Waals surface area contributed by atoms with Crippen LogP contribution in [0.15, 0.2) is 5.38 Å². The molecule has 1 aromatic rings. The number of anilines is 1. The van der Waals surface area contributed by atoms with Crippen molar-refractivity contribution < 1.29 is 9.59 Å². The number of thiazole rings is 1. The van der Waals surface area contributed by atoms with Gasteiger partial charge in [0.15, 0.2) is 5.13 Å². The summed E-state index contributed by atoms with van der Waals surface area (Å²) >= 11 is 1.44. The van der Waals surface area contributed by atoms with Gasteiger partial charge in [-0.15, -0.1) is 11.3 Å². The Morgan fingerprint density at radius 1 is 1.45 bits per heavy atom. The summed E-state index contributed by atoms with van der Waals surface area (Å²) in [6.45, 7) is 0.822. The van der Waals surface area contributed by atoms with Crippen molar-refractivity contribution in [2.75, 3.05) is 33.0 Å². The summed E-state index contributed by atoms with van der Waals surface area (Å²) in [7, 11) is 5.52. The highest BCUT2D eigenvalue weighted by Gasteiger charge is 2.42. The Bertz CT molecular complexity index is 588. The number of hydrogen-bond acceptors (Lipinski definition) is 5. The number of nitrogens with zero attached hydrogens (tertiary/aromatic N) is 3. The van der Waals surface area contributed by atoms with E-state index in [0.29, 0.717) is 24.0 Å². The molecule has 7 heteroatoms. The van der Waals surface area contributed by atoms with Gasteiger partial charge in [-0.1, -0.05) is 0 Å². The topological polar surface area (TPSA) is 65.5 Å². The van der Waals surface area contributed by atoms with E-state index in [1.807, 2.05) is 23.9 Å². The fourth-order valence-electron chi connectivity index (χ4n) is 3.64. The van der Waals surface area contributed by atoms with Crippen molar-refractivity contribution in [1.29, 1.82) is 0 Å². The molecular formula is C15H22N4O2S. The first kappa shape index (κ1) is 15.3. The third kappa shape index (κ3) is 2.69. The van der Waals surface area contributed by atoms with E-state index in [4.69, 9.17) is 0 Å². The molecule has 1 saturated carbocycles. The maximum Gasteiger partial charge on any atom is 0.273 e. The molecule has 0 bridgehead atoms. The van der Waals surface area contributed by atoms with Gasteiger partial charge < -0.3 is 15.1 Å². The van der Waals surface area contributed by atoms with Gasteiger partial charge in [0.05, 0.1) is 0 Å². The van der Waals surface area contributed by atoms with Crippen LogP contribution in [0.2, 0.25) is 0 Å². The predicted octanol–water partition coefficient (Wildman–Crippen LogP) is 1.51. The zero-order valence-corrected chi connectivity index (χ0v) is 14.0. The number of likely N-dealkylation sites (tertiary alicyclic amines) is 1. The van der Waals surface area contributed by atoms with Crippen molar-refractivity contribution in [3.05, 3.63) is 11.1 Å². The predicted molar refractivity (Wildman–Crippen MR) is 86.0 cm³/mol. The molecule has 2 amide bonds. The lowest BCUT2D eigenvalue weighted by atomic mass is 9.88. The van der Waals surface area contributed by atoms with Crippen LogP contribution < -0.4 is 5.32 Å². The number of nitrogens with one attached hydrogen (secondary N) is 1. The smallest absolute Gasteiger partial charge is 0.273 e. The number of aromatic nitrogens is 1. The number of piperidine rings is 1. The third-order valence-electron chi connectivity index (χ3n) is 4.99. The van der Waals surface area contributed by atoms with Crippen molar-refractivity contribution >= 4 is 28.3 Å². The number of amides is 2. The summed E-state index contributed by atoms with van der Waals surface area (Å²) in [4.78, 5) is 32.3. The first-order chi connectivity index (χ1) is 10.5. The van der Waals surface area contributed by atoms with Crippen LogP contribution in [0.4, 0.5) is 5.13 Å². The van der Waals surface area contributed by atoms with E-state index < -0.39 is 0 Å². The molecule has 2 heterocycles. The van der Waals surface area contributed by atoms with Crippen molar-refractivity contribution in [3.8, 4) is 0 Å². The van der Waals surface area contributed by atoms with E-state index in [1.165, 1.54) is 11.3 Å². The minimum Gasteiger partial charge on any atom is -0.365 e. The molecule has 1 aliphatic carbocycles. The standard InChI is InChI=1S/C15H22N4O2S/c1-16-15-17-12(8-22-15)14(21)19(3)11-4-9-6-13(20)18(2)7-10(9)5-11/h8-11H,4-7H2,1-3H3,(H,16,17)/t9-,10+,11-/m0/s1. The molecule has 1 N–H and O–H groups in total. The number of carbonyl (C=O) groups is 2. The Morgan fingerprint density at radius 3 is 2.86 bits per heavy atom. The Morgan fingerprint density at radius 2 is 2.18 bits per heavy atom. The molecule has 2 aliphatic rings. The van der Waals surface area contributed by atoms with Gasteiger partial charge >= 0.3 is 0 Å².